The Balaban J connectivity index is 1.40. The first kappa shape index (κ1) is 19.6. The zero-order valence-electron chi connectivity index (χ0n) is 16.8. The molecule has 3 aromatic rings. The zero-order chi connectivity index (χ0) is 20.3. The van der Waals surface area contributed by atoms with Crippen molar-refractivity contribution >= 4 is 16.7 Å². The lowest BCUT2D eigenvalue weighted by atomic mass is 9.96. The number of carbonyl (C=O) groups excluding carboxylic acids is 1. The van der Waals surface area contributed by atoms with Gasteiger partial charge >= 0.3 is 0 Å². The summed E-state index contributed by atoms with van der Waals surface area (Å²) in [4.78, 5) is 14.9. The van der Waals surface area contributed by atoms with Crippen molar-refractivity contribution in [3.63, 3.8) is 0 Å². The Bertz CT molecular complexity index is 980. The van der Waals surface area contributed by atoms with Crippen molar-refractivity contribution in [2.75, 3.05) is 13.1 Å². The predicted molar refractivity (Wildman–Crippen MR) is 117 cm³/mol. The van der Waals surface area contributed by atoms with Crippen molar-refractivity contribution in [3.05, 3.63) is 83.9 Å². The van der Waals surface area contributed by atoms with Crippen molar-refractivity contribution in [1.82, 2.24) is 10.2 Å². The first-order valence-electron chi connectivity index (χ1n) is 10.4. The molecular weight excluding hydrogens is 360 g/mol. The molecule has 1 atom stereocenters. The normalized spacial score (nSPS) is 17.2. The molecule has 4 heteroatoms. The molecule has 1 heterocycles. The van der Waals surface area contributed by atoms with E-state index in [2.05, 4.69) is 11.4 Å². The van der Waals surface area contributed by atoms with E-state index >= 15 is 0 Å². The Labute approximate surface area is 172 Å². The van der Waals surface area contributed by atoms with Gasteiger partial charge in [0.15, 0.2) is 0 Å². The molecule has 1 saturated heterocycles. The average molecular weight is 389 g/mol. The second kappa shape index (κ2) is 8.36. The lowest BCUT2D eigenvalue weighted by Crippen LogP contribution is -2.52. The number of aliphatic hydroxyl groups is 1. The zero-order valence-corrected chi connectivity index (χ0v) is 16.8. The van der Waals surface area contributed by atoms with Crippen molar-refractivity contribution in [3.8, 4) is 0 Å². The van der Waals surface area contributed by atoms with Crippen LogP contribution in [0, 0.1) is 0 Å². The highest BCUT2D eigenvalue weighted by Gasteiger charge is 2.32. The van der Waals surface area contributed by atoms with Crippen LogP contribution in [-0.2, 0) is 5.72 Å². The highest BCUT2D eigenvalue weighted by Crippen LogP contribution is 2.25. The minimum Gasteiger partial charge on any atom is -0.372 e. The van der Waals surface area contributed by atoms with Gasteiger partial charge in [0.1, 0.15) is 5.72 Å². The number of benzene rings is 3. The van der Waals surface area contributed by atoms with E-state index in [4.69, 9.17) is 0 Å². The van der Waals surface area contributed by atoms with Crippen LogP contribution in [0.5, 0.6) is 0 Å². The number of carbonyl (C=O) groups is 1. The summed E-state index contributed by atoms with van der Waals surface area (Å²) in [5.74, 6) is 0.0861. The summed E-state index contributed by atoms with van der Waals surface area (Å²) in [5, 5.41) is 16.8. The Kier molecular flexibility index (Phi) is 5.65. The quantitative estimate of drug-likeness (QED) is 0.641. The highest BCUT2D eigenvalue weighted by molar-refractivity contribution is 5.98. The van der Waals surface area contributed by atoms with Crippen LogP contribution < -0.4 is 5.32 Å². The van der Waals surface area contributed by atoms with Crippen molar-refractivity contribution < 1.29 is 9.90 Å². The molecule has 150 valence electrons. The lowest BCUT2D eigenvalue weighted by Gasteiger charge is -2.38. The van der Waals surface area contributed by atoms with Gasteiger partial charge in [-0.15, -0.1) is 0 Å². The molecular formula is C25H28N2O2. The molecule has 3 aromatic carbocycles. The second-order valence-electron chi connectivity index (χ2n) is 7.85. The van der Waals surface area contributed by atoms with E-state index in [1.165, 1.54) is 0 Å². The van der Waals surface area contributed by atoms with Gasteiger partial charge in [0, 0.05) is 24.7 Å². The maximum atomic E-state index is 13.0. The minimum absolute atomic E-state index is 0.0861. The summed E-state index contributed by atoms with van der Waals surface area (Å²) in [6, 6.07) is 23.9. The molecule has 0 radical (unpaired) electrons. The third-order valence-corrected chi connectivity index (χ3v) is 5.98. The van der Waals surface area contributed by atoms with Crippen LogP contribution in [0.3, 0.4) is 0 Å². The first-order chi connectivity index (χ1) is 14.1. The van der Waals surface area contributed by atoms with E-state index in [9.17, 15) is 9.90 Å². The highest BCUT2D eigenvalue weighted by atomic mass is 16.3. The molecule has 0 unspecified atom stereocenters. The Morgan fingerprint density at radius 2 is 1.66 bits per heavy atom. The van der Waals surface area contributed by atoms with Gasteiger partial charge < -0.3 is 10.0 Å². The van der Waals surface area contributed by atoms with Crippen LogP contribution in [0.2, 0.25) is 0 Å². The number of rotatable bonds is 5. The maximum Gasteiger partial charge on any atom is 0.253 e. The summed E-state index contributed by atoms with van der Waals surface area (Å²) < 4.78 is 0. The van der Waals surface area contributed by atoms with Crippen LogP contribution >= 0.6 is 0 Å². The second-order valence-corrected chi connectivity index (χ2v) is 7.85. The number of nitrogens with one attached hydrogen (secondary N) is 1. The van der Waals surface area contributed by atoms with E-state index in [-0.39, 0.29) is 11.9 Å². The van der Waals surface area contributed by atoms with Gasteiger partial charge in [0.05, 0.1) is 0 Å². The summed E-state index contributed by atoms with van der Waals surface area (Å²) in [7, 11) is 0. The Morgan fingerprint density at radius 3 is 2.34 bits per heavy atom. The number of piperidine rings is 1. The van der Waals surface area contributed by atoms with Crippen LogP contribution in [0.15, 0.2) is 72.8 Å². The van der Waals surface area contributed by atoms with Crippen molar-refractivity contribution in [2.24, 2.45) is 0 Å². The summed E-state index contributed by atoms with van der Waals surface area (Å²) in [6.07, 6.45) is 2.25. The molecule has 1 aliphatic heterocycles. The van der Waals surface area contributed by atoms with Gasteiger partial charge in [-0.3, -0.25) is 10.1 Å². The van der Waals surface area contributed by atoms with Gasteiger partial charge in [-0.1, -0.05) is 67.6 Å². The lowest BCUT2D eigenvalue weighted by molar-refractivity contribution is -0.0218. The average Bonchev–Trinajstić information content (AvgIpc) is 2.79. The topological polar surface area (TPSA) is 52.6 Å². The molecule has 1 amide bonds. The monoisotopic (exact) mass is 388 g/mol. The number of amides is 1. The first-order valence-corrected chi connectivity index (χ1v) is 10.4. The Morgan fingerprint density at radius 1 is 1.00 bits per heavy atom. The smallest absolute Gasteiger partial charge is 0.253 e. The van der Waals surface area contributed by atoms with E-state index < -0.39 is 5.72 Å². The fraction of sp³-hybridized carbons (Fsp3) is 0.320. The molecule has 2 N–H and O–H groups in total. The van der Waals surface area contributed by atoms with Gasteiger partial charge in [-0.2, -0.15) is 0 Å². The van der Waals surface area contributed by atoms with Crippen LogP contribution in [0.25, 0.3) is 10.8 Å². The third kappa shape index (κ3) is 4.19. The number of hydrogen-bond acceptors (Lipinski definition) is 3. The molecule has 29 heavy (non-hydrogen) atoms. The number of nitrogens with zero attached hydrogens (tertiary/aromatic N) is 1. The van der Waals surface area contributed by atoms with Gasteiger partial charge in [-0.25, -0.2) is 0 Å². The molecule has 0 bridgehead atoms. The third-order valence-electron chi connectivity index (χ3n) is 5.98. The molecule has 4 rings (SSSR count). The summed E-state index contributed by atoms with van der Waals surface area (Å²) in [6.45, 7) is 3.37. The van der Waals surface area contributed by atoms with Crippen LogP contribution in [0.4, 0.5) is 0 Å². The standard InChI is InChI=1S/C25H28N2O2/c1-2-25(29,22-10-4-3-5-11-22)26-23-14-16-27(17-15-23)24(28)21-13-12-19-8-6-7-9-20(19)18-21/h3-13,18,23,26,29H,2,14-17H2,1H3/t25-/m1/s1. The number of hydrogen-bond donors (Lipinski definition) is 2. The minimum atomic E-state index is -1.03. The number of likely N-dealkylation sites (tertiary alicyclic amines) is 1. The predicted octanol–water partition coefficient (Wildman–Crippen LogP) is 4.29. The number of fused-ring (bicyclic) bond motifs is 1. The van der Waals surface area contributed by atoms with E-state index in [0.717, 1.165) is 34.7 Å². The van der Waals surface area contributed by atoms with E-state index in [1.807, 2.05) is 78.6 Å². The summed E-state index contributed by atoms with van der Waals surface area (Å²) in [5.41, 5.74) is 0.595. The fourth-order valence-corrected chi connectivity index (χ4v) is 4.17. The van der Waals surface area contributed by atoms with Crippen molar-refractivity contribution in [2.45, 2.75) is 38.0 Å². The molecule has 0 aliphatic carbocycles. The molecule has 0 aromatic heterocycles. The fourth-order valence-electron chi connectivity index (χ4n) is 4.17. The van der Waals surface area contributed by atoms with E-state index in [0.29, 0.717) is 19.5 Å². The Hall–Kier alpha value is -2.69. The molecule has 1 aliphatic rings. The molecule has 0 spiro atoms. The van der Waals surface area contributed by atoms with Gasteiger partial charge in [0.2, 0.25) is 0 Å². The van der Waals surface area contributed by atoms with Crippen LogP contribution in [0.1, 0.15) is 42.1 Å². The van der Waals surface area contributed by atoms with Crippen molar-refractivity contribution in [1.29, 1.82) is 0 Å². The van der Waals surface area contributed by atoms with Gasteiger partial charge in [0.25, 0.3) is 5.91 Å². The van der Waals surface area contributed by atoms with Crippen LogP contribution in [-0.4, -0.2) is 35.0 Å². The van der Waals surface area contributed by atoms with E-state index in [1.54, 1.807) is 0 Å². The largest absolute Gasteiger partial charge is 0.372 e. The molecule has 4 nitrogen and oxygen atoms in total. The molecule has 1 fully saturated rings. The summed E-state index contributed by atoms with van der Waals surface area (Å²) >= 11 is 0. The maximum absolute atomic E-state index is 13.0. The molecule has 0 saturated carbocycles. The van der Waals surface area contributed by atoms with Gasteiger partial charge in [-0.05, 0) is 47.7 Å². The SMILES string of the molecule is CC[C@](O)(NC1CCN(C(=O)c2ccc3ccccc3c2)CC1)c1ccccc1.